The third kappa shape index (κ3) is 3.88. The van der Waals surface area contributed by atoms with Gasteiger partial charge in [-0.2, -0.15) is 0 Å². The molecule has 0 spiro atoms. The van der Waals surface area contributed by atoms with Crippen molar-refractivity contribution < 1.29 is 9.59 Å². The first-order valence-electron chi connectivity index (χ1n) is 10.5. The van der Waals surface area contributed by atoms with E-state index in [1.54, 1.807) is 0 Å². The minimum absolute atomic E-state index is 0.0249. The number of benzene rings is 1. The Morgan fingerprint density at radius 3 is 2.30 bits per heavy atom. The van der Waals surface area contributed by atoms with E-state index in [-0.39, 0.29) is 23.8 Å². The normalized spacial score (nSPS) is 30.0. The van der Waals surface area contributed by atoms with Crippen molar-refractivity contribution in [2.24, 2.45) is 23.5 Å². The average molecular weight is 370 g/mol. The Balaban J connectivity index is 1.21. The van der Waals surface area contributed by atoms with Gasteiger partial charge in [0.25, 0.3) is 0 Å². The molecule has 0 aromatic heterocycles. The van der Waals surface area contributed by atoms with E-state index in [9.17, 15) is 9.59 Å². The number of nitrogens with zero attached hydrogens (tertiary/aromatic N) is 2. The van der Waals surface area contributed by atoms with Gasteiger partial charge in [0.15, 0.2) is 0 Å². The van der Waals surface area contributed by atoms with Crippen molar-refractivity contribution in [1.29, 1.82) is 0 Å². The summed E-state index contributed by atoms with van der Waals surface area (Å²) in [5.74, 6) is 1.53. The molecule has 2 aliphatic carbocycles. The van der Waals surface area contributed by atoms with Crippen molar-refractivity contribution in [2.45, 2.75) is 44.6 Å². The van der Waals surface area contributed by atoms with Crippen molar-refractivity contribution in [1.82, 2.24) is 9.80 Å². The van der Waals surface area contributed by atoms with Crippen LogP contribution < -0.4 is 5.73 Å². The summed E-state index contributed by atoms with van der Waals surface area (Å²) in [6.45, 7) is 2.63. The summed E-state index contributed by atoms with van der Waals surface area (Å²) in [6, 6.07) is 10.3. The number of fused-ring (bicyclic) bond motifs is 2. The number of carbonyl (C=O) groups is 2. The molecule has 5 nitrogen and oxygen atoms in total. The van der Waals surface area contributed by atoms with E-state index < -0.39 is 0 Å². The van der Waals surface area contributed by atoms with Crippen LogP contribution in [0.5, 0.6) is 0 Å². The Bertz CT molecular complexity index is 667. The predicted molar refractivity (Wildman–Crippen MR) is 105 cm³/mol. The third-order valence-electron chi connectivity index (χ3n) is 6.91. The Labute approximate surface area is 161 Å². The molecule has 0 radical (unpaired) electrons. The van der Waals surface area contributed by atoms with Crippen molar-refractivity contribution in [3.8, 4) is 0 Å². The number of piperazine rings is 1. The fourth-order valence-corrected chi connectivity index (χ4v) is 5.34. The molecule has 2 bridgehead atoms. The molecule has 1 heterocycles. The first kappa shape index (κ1) is 18.5. The van der Waals surface area contributed by atoms with Crippen LogP contribution in [0, 0.1) is 17.8 Å². The minimum atomic E-state index is 0.0249. The molecule has 1 saturated heterocycles. The maximum absolute atomic E-state index is 12.9. The highest BCUT2D eigenvalue weighted by atomic mass is 16.2. The lowest BCUT2D eigenvalue weighted by Crippen LogP contribution is -2.54. The predicted octanol–water partition coefficient (Wildman–Crippen LogP) is 2.05. The zero-order valence-electron chi connectivity index (χ0n) is 16.1. The van der Waals surface area contributed by atoms with Crippen LogP contribution in [-0.4, -0.2) is 53.8 Å². The van der Waals surface area contributed by atoms with Gasteiger partial charge in [0.1, 0.15) is 0 Å². The molecule has 4 atom stereocenters. The maximum Gasteiger partial charge on any atom is 0.227 e. The molecular formula is C22H31N3O2. The van der Waals surface area contributed by atoms with Gasteiger partial charge in [-0.3, -0.25) is 9.59 Å². The summed E-state index contributed by atoms with van der Waals surface area (Å²) in [6.07, 6.45) is 5.89. The largest absolute Gasteiger partial charge is 0.339 e. The van der Waals surface area contributed by atoms with Gasteiger partial charge in [-0.25, -0.2) is 0 Å². The van der Waals surface area contributed by atoms with E-state index in [2.05, 4.69) is 12.1 Å². The van der Waals surface area contributed by atoms with Gasteiger partial charge in [0.2, 0.25) is 11.8 Å². The van der Waals surface area contributed by atoms with Gasteiger partial charge >= 0.3 is 0 Å². The average Bonchev–Trinajstić information content (AvgIpc) is 3.30. The molecule has 4 rings (SSSR count). The smallest absolute Gasteiger partial charge is 0.227 e. The summed E-state index contributed by atoms with van der Waals surface area (Å²) in [5, 5.41) is 0. The van der Waals surface area contributed by atoms with Crippen LogP contribution >= 0.6 is 0 Å². The zero-order chi connectivity index (χ0) is 18.8. The zero-order valence-corrected chi connectivity index (χ0v) is 16.1. The standard InChI is InChI=1S/C22H31N3O2/c23-21-18-10-9-17(15-18)20(21)22(27)25-13-11-24(12-14-25)19(26)8-4-7-16-5-2-1-3-6-16/h1-3,5-6,17-18,20-21H,4,7-15,23H2. The summed E-state index contributed by atoms with van der Waals surface area (Å²) < 4.78 is 0. The fourth-order valence-electron chi connectivity index (χ4n) is 5.34. The van der Waals surface area contributed by atoms with Gasteiger partial charge in [-0.05, 0) is 49.5 Å². The lowest BCUT2D eigenvalue weighted by molar-refractivity contribution is -0.143. The van der Waals surface area contributed by atoms with Crippen LogP contribution in [-0.2, 0) is 16.0 Å². The number of nitrogens with two attached hydrogens (primary N) is 1. The van der Waals surface area contributed by atoms with Gasteiger partial charge in [-0.15, -0.1) is 0 Å². The molecule has 4 unspecified atom stereocenters. The van der Waals surface area contributed by atoms with Gasteiger partial charge < -0.3 is 15.5 Å². The van der Waals surface area contributed by atoms with Crippen molar-refractivity contribution in [3.05, 3.63) is 35.9 Å². The first-order chi connectivity index (χ1) is 13.1. The lowest BCUT2D eigenvalue weighted by Gasteiger charge is -2.38. The number of carbonyl (C=O) groups excluding carboxylic acids is 2. The highest BCUT2D eigenvalue weighted by Gasteiger charge is 2.50. The Hall–Kier alpha value is -1.88. The Kier molecular flexibility index (Phi) is 5.48. The van der Waals surface area contributed by atoms with E-state index >= 15 is 0 Å². The second-order valence-electron chi connectivity index (χ2n) is 8.48. The summed E-state index contributed by atoms with van der Waals surface area (Å²) >= 11 is 0. The van der Waals surface area contributed by atoms with E-state index in [4.69, 9.17) is 5.73 Å². The molecule has 2 amide bonds. The van der Waals surface area contributed by atoms with Crippen LogP contribution in [0.15, 0.2) is 30.3 Å². The Morgan fingerprint density at radius 2 is 1.63 bits per heavy atom. The molecule has 1 aromatic carbocycles. The van der Waals surface area contributed by atoms with E-state index in [1.165, 1.54) is 12.0 Å². The number of aryl methyl sites for hydroxylation is 1. The lowest BCUT2D eigenvalue weighted by atomic mass is 9.84. The highest BCUT2D eigenvalue weighted by molar-refractivity contribution is 5.81. The molecule has 2 saturated carbocycles. The SMILES string of the molecule is NC1C2CCC(C2)C1C(=O)N1CCN(C(=O)CCCc2ccccc2)CC1. The van der Waals surface area contributed by atoms with Gasteiger partial charge in [0.05, 0.1) is 5.92 Å². The molecule has 2 N–H and O–H groups in total. The molecular weight excluding hydrogens is 338 g/mol. The van der Waals surface area contributed by atoms with Crippen LogP contribution in [0.4, 0.5) is 0 Å². The number of hydrogen-bond acceptors (Lipinski definition) is 3. The highest BCUT2D eigenvalue weighted by Crippen LogP contribution is 2.48. The second kappa shape index (κ2) is 8.01. The Morgan fingerprint density at radius 1 is 0.963 bits per heavy atom. The summed E-state index contributed by atoms with van der Waals surface area (Å²) in [4.78, 5) is 29.3. The second-order valence-corrected chi connectivity index (χ2v) is 8.48. The van der Waals surface area contributed by atoms with Crippen LogP contribution in [0.2, 0.25) is 0 Å². The molecule has 3 fully saturated rings. The number of hydrogen-bond donors (Lipinski definition) is 1. The van der Waals surface area contributed by atoms with Crippen LogP contribution in [0.25, 0.3) is 0 Å². The monoisotopic (exact) mass is 369 g/mol. The maximum atomic E-state index is 12.9. The van der Waals surface area contributed by atoms with Crippen molar-refractivity contribution >= 4 is 11.8 Å². The quantitative estimate of drug-likeness (QED) is 0.864. The van der Waals surface area contributed by atoms with E-state index in [0.29, 0.717) is 44.4 Å². The van der Waals surface area contributed by atoms with Crippen molar-refractivity contribution in [2.75, 3.05) is 26.2 Å². The van der Waals surface area contributed by atoms with Crippen LogP contribution in [0.3, 0.4) is 0 Å². The molecule has 146 valence electrons. The first-order valence-corrected chi connectivity index (χ1v) is 10.5. The summed E-state index contributed by atoms with van der Waals surface area (Å²) in [5.41, 5.74) is 7.62. The minimum Gasteiger partial charge on any atom is -0.339 e. The molecule has 27 heavy (non-hydrogen) atoms. The van der Waals surface area contributed by atoms with Gasteiger partial charge in [-0.1, -0.05) is 30.3 Å². The van der Waals surface area contributed by atoms with E-state index in [1.807, 2.05) is 28.0 Å². The van der Waals surface area contributed by atoms with E-state index in [0.717, 1.165) is 25.7 Å². The topological polar surface area (TPSA) is 66.6 Å². The number of amides is 2. The van der Waals surface area contributed by atoms with Crippen molar-refractivity contribution in [3.63, 3.8) is 0 Å². The molecule has 1 aliphatic heterocycles. The number of rotatable bonds is 5. The van der Waals surface area contributed by atoms with Gasteiger partial charge in [0, 0.05) is 38.6 Å². The third-order valence-corrected chi connectivity index (χ3v) is 6.91. The summed E-state index contributed by atoms with van der Waals surface area (Å²) in [7, 11) is 0. The molecule has 1 aromatic rings. The molecule has 3 aliphatic rings. The van der Waals surface area contributed by atoms with Crippen LogP contribution in [0.1, 0.15) is 37.7 Å². The fraction of sp³-hybridized carbons (Fsp3) is 0.636. The molecule has 5 heteroatoms.